The second-order valence-corrected chi connectivity index (χ2v) is 1.22. The first kappa shape index (κ1) is 10.1. The van der Waals surface area contributed by atoms with Crippen LogP contribution in [0.2, 0.25) is 0 Å². The fraction of sp³-hybridized carbons (Fsp3) is 1.00. The summed E-state index contributed by atoms with van der Waals surface area (Å²) < 4.78 is 8.35. The van der Waals surface area contributed by atoms with Gasteiger partial charge >= 0.3 is 0 Å². The molecule has 0 saturated heterocycles. The van der Waals surface area contributed by atoms with Crippen LogP contribution in [0.25, 0.3) is 0 Å². The maximum absolute atomic E-state index is 8.35. The zero-order valence-electron chi connectivity index (χ0n) is 4.68. The molecule has 0 N–H and O–H groups in total. The first-order valence-electron chi connectivity index (χ1n) is 2.28. The van der Waals surface area contributed by atoms with E-state index in [1.807, 2.05) is 0 Å². The van der Waals surface area contributed by atoms with E-state index in [2.05, 4.69) is 13.8 Å². The molecule has 0 aliphatic carbocycles. The second kappa shape index (κ2) is 16.6. The van der Waals surface area contributed by atoms with Crippen LogP contribution in [0.15, 0.2) is 0 Å². The molecule has 7 heavy (non-hydrogen) atoms. The van der Waals surface area contributed by atoms with Crippen molar-refractivity contribution in [2.24, 2.45) is 0 Å². The van der Waals surface area contributed by atoms with Crippen molar-refractivity contribution in [1.82, 2.24) is 0 Å². The van der Waals surface area contributed by atoms with Crippen molar-refractivity contribution in [3.8, 4) is 0 Å². The summed E-state index contributed by atoms with van der Waals surface area (Å²) >= 11 is 0. The molecule has 0 heterocycles. The topological polar surface area (TPSA) is 40.1 Å². The lowest BCUT2D eigenvalue weighted by molar-refractivity contribution is -0.154. The number of hydrogen-bond acceptors (Lipinski definition) is 2. The molecule has 0 saturated carbocycles. The van der Waals surface area contributed by atoms with Gasteiger partial charge in [0.25, 0.3) is 0 Å². The van der Waals surface area contributed by atoms with E-state index in [1.165, 1.54) is 12.8 Å². The van der Waals surface area contributed by atoms with E-state index in [4.69, 9.17) is 9.46 Å². The number of unbranched alkanes of at least 4 members (excludes halogenated alkanes) is 1. The summed E-state index contributed by atoms with van der Waals surface area (Å²) in [7, 11) is -1.08. The van der Waals surface area contributed by atoms with E-state index in [-0.39, 0.29) is 0 Å². The van der Waals surface area contributed by atoms with Gasteiger partial charge in [0.1, 0.15) is 0 Å². The summed E-state index contributed by atoms with van der Waals surface area (Å²) in [5, 5.41) is 0. The predicted octanol–water partition coefficient (Wildman–Crippen LogP) is 1.36. The lowest BCUT2D eigenvalue weighted by atomic mass is 10.4. The summed E-state index contributed by atoms with van der Waals surface area (Å²) in [6.07, 6.45) is 2.64. The smallest absolute Gasteiger partial charge is 0.0642 e. The van der Waals surface area contributed by atoms with Gasteiger partial charge in [-0.3, -0.25) is 4.57 Å². The normalized spacial score (nSPS) is 7.29. The highest BCUT2D eigenvalue weighted by Gasteiger charge is 1.56. The van der Waals surface area contributed by atoms with Gasteiger partial charge in [-0.25, -0.2) is 0 Å². The average molecular weight is 121 g/mol. The largest absolute Gasteiger partial charge is 0.772 e. The quantitative estimate of drug-likeness (QED) is 0.491. The Balaban J connectivity index is 0. The van der Waals surface area contributed by atoms with Crippen LogP contribution in [-0.2, 0) is 4.57 Å². The van der Waals surface area contributed by atoms with Crippen LogP contribution in [0.1, 0.15) is 26.7 Å². The van der Waals surface area contributed by atoms with E-state index in [0.717, 1.165) is 0 Å². The molecule has 0 aliphatic rings. The van der Waals surface area contributed by atoms with E-state index in [9.17, 15) is 0 Å². The SMILES string of the molecule is CCCC.O=P[O-]. The third-order valence-electron chi connectivity index (χ3n) is 0.500. The highest BCUT2D eigenvalue weighted by molar-refractivity contribution is 7.14. The molecule has 0 rings (SSSR count). The molecule has 3 heteroatoms. The fourth-order valence-corrected chi connectivity index (χ4v) is 0. The lowest BCUT2D eigenvalue weighted by Gasteiger charge is -1.68. The van der Waals surface area contributed by atoms with Gasteiger partial charge in [0.15, 0.2) is 0 Å². The molecule has 0 aromatic heterocycles. The van der Waals surface area contributed by atoms with Gasteiger partial charge in [-0.1, -0.05) is 26.7 Å². The molecule has 44 valence electrons. The Morgan fingerprint density at radius 2 is 1.57 bits per heavy atom. The summed E-state index contributed by atoms with van der Waals surface area (Å²) in [6, 6.07) is 0. The predicted molar refractivity (Wildman–Crippen MR) is 28.2 cm³/mol. The molecule has 0 bridgehead atoms. The minimum absolute atomic E-state index is 1.08. The zero-order valence-corrected chi connectivity index (χ0v) is 5.57. The van der Waals surface area contributed by atoms with Crippen LogP contribution in [-0.4, -0.2) is 0 Å². The van der Waals surface area contributed by atoms with Crippen LogP contribution in [0.3, 0.4) is 0 Å². The Kier molecular flexibility index (Phi) is 24.0. The maximum Gasteiger partial charge on any atom is 0.0642 e. The summed E-state index contributed by atoms with van der Waals surface area (Å²) in [5.74, 6) is 0. The molecule has 0 atom stereocenters. The lowest BCUT2D eigenvalue weighted by Crippen LogP contribution is -1.65. The molecule has 0 amide bonds. The van der Waals surface area contributed by atoms with Gasteiger partial charge < -0.3 is 4.89 Å². The summed E-state index contributed by atoms with van der Waals surface area (Å²) in [5.41, 5.74) is 0. The van der Waals surface area contributed by atoms with Gasteiger partial charge in [0.2, 0.25) is 0 Å². The van der Waals surface area contributed by atoms with Crippen molar-refractivity contribution in [2.45, 2.75) is 26.7 Å². The van der Waals surface area contributed by atoms with Crippen LogP contribution in [0.5, 0.6) is 0 Å². The van der Waals surface area contributed by atoms with Crippen LogP contribution in [0.4, 0.5) is 0 Å². The molecule has 0 unspecified atom stereocenters. The Morgan fingerprint density at radius 1 is 1.43 bits per heavy atom. The highest BCUT2D eigenvalue weighted by atomic mass is 31.1. The van der Waals surface area contributed by atoms with Gasteiger partial charge in [0.05, 0.1) is 8.69 Å². The minimum Gasteiger partial charge on any atom is -0.772 e. The van der Waals surface area contributed by atoms with Crippen molar-refractivity contribution in [1.29, 1.82) is 0 Å². The number of hydrogen-bond donors (Lipinski definition) is 0. The molecule has 0 radical (unpaired) electrons. The van der Waals surface area contributed by atoms with Gasteiger partial charge in [0, 0.05) is 0 Å². The Bertz CT molecular complexity index is 28.9. The average Bonchev–Trinajstić information content (AvgIpc) is 1.69. The highest BCUT2D eigenvalue weighted by Crippen LogP contribution is 1.76. The zero-order chi connectivity index (χ0) is 6.12. The van der Waals surface area contributed by atoms with E-state index >= 15 is 0 Å². The second-order valence-electron chi connectivity index (χ2n) is 1.07. The van der Waals surface area contributed by atoms with Gasteiger partial charge in [-0.15, -0.1) is 0 Å². The van der Waals surface area contributed by atoms with Crippen molar-refractivity contribution in [2.75, 3.05) is 0 Å². The monoisotopic (exact) mass is 121 g/mol. The molecular weight excluding hydrogens is 111 g/mol. The van der Waals surface area contributed by atoms with Gasteiger partial charge in [-0.05, 0) is 0 Å². The van der Waals surface area contributed by atoms with Crippen molar-refractivity contribution in [3.05, 3.63) is 0 Å². The molecule has 0 spiro atoms. The summed E-state index contributed by atoms with van der Waals surface area (Å²) in [6.45, 7) is 4.36. The third kappa shape index (κ3) is 88.9. The first-order valence-corrected chi connectivity index (χ1v) is 3.01. The summed E-state index contributed by atoms with van der Waals surface area (Å²) in [4.78, 5) is 8.35. The number of rotatable bonds is 1. The molecule has 0 fully saturated rings. The van der Waals surface area contributed by atoms with Crippen LogP contribution in [0, 0.1) is 0 Å². The van der Waals surface area contributed by atoms with Crippen LogP contribution < -0.4 is 4.89 Å². The standard InChI is InChI=1S/C4H10.HO2P/c1-3-4-2;1-3-2/h3-4H2,1-2H3;(H,1,2)/p-1. The van der Waals surface area contributed by atoms with Crippen LogP contribution >= 0.6 is 8.69 Å². The van der Waals surface area contributed by atoms with Crippen molar-refractivity contribution < 1.29 is 9.46 Å². The molecular formula is C4H10O2P-. The van der Waals surface area contributed by atoms with Crippen molar-refractivity contribution >= 4 is 8.69 Å². The molecule has 2 nitrogen and oxygen atoms in total. The Labute approximate surface area is 45.8 Å². The Hall–Kier alpha value is 0.0600. The molecule has 0 aromatic carbocycles. The molecule has 0 aliphatic heterocycles. The van der Waals surface area contributed by atoms with E-state index < -0.39 is 8.69 Å². The fourth-order valence-electron chi connectivity index (χ4n) is 0. The van der Waals surface area contributed by atoms with E-state index in [0.29, 0.717) is 0 Å². The molecule has 0 aromatic rings. The van der Waals surface area contributed by atoms with E-state index in [1.54, 1.807) is 0 Å². The third-order valence-corrected chi connectivity index (χ3v) is 0.500. The minimum atomic E-state index is -1.08. The van der Waals surface area contributed by atoms with Crippen molar-refractivity contribution in [3.63, 3.8) is 0 Å². The van der Waals surface area contributed by atoms with Gasteiger partial charge in [-0.2, -0.15) is 0 Å². The maximum atomic E-state index is 8.35. The Morgan fingerprint density at radius 3 is 1.57 bits per heavy atom. The first-order chi connectivity index (χ1) is 3.33.